The number of nitrogens with two attached hydrogens (primary N) is 1. The van der Waals surface area contributed by atoms with E-state index in [-0.39, 0.29) is 13.2 Å². The Kier molecular flexibility index (Phi) is 4.03. The van der Waals surface area contributed by atoms with Crippen molar-refractivity contribution < 1.29 is 14.9 Å². The maximum Gasteiger partial charge on any atom is 0.249 e. The van der Waals surface area contributed by atoms with Gasteiger partial charge in [-0.2, -0.15) is 4.73 Å². The van der Waals surface area contributed by atoms with Gasteiger partial charge in [0, 0.05) is 24.8 Å². The number of nitrogens with zero attached hydrogens (tertiary/aromatic N) is 2. The van der Waals surface area contributed by atoms with Gasteiger partial charge < -0.3 is 26.1 Å². The summed E-state index contributed by atoms with van der Waals surface area (Å²) in [5.41, 5.74) is 7.50. The van der Waals surface area contributed by atoms with Crippen LogP contribution in [0.15, 0.2) is 30.5 Å². The van der Waals surface area contributed by atoms with Crippen LogP contribution in [0.1, 0.15) is 0 Å². The molecule has 0 atom stereocenters. The van der Waals surface area contributed by atoms with E-state index in [1.807, 2.05) is 0 Å². The number of hydrogen-bond donors (Lipinski definition) is 3. The van der Waals surface area contributed by atoms with Crippen molar-refractivity contribution in [3.05, 3.63) is 35.7 Å². The average molecular weight is 263 g/mol. The molecule has 102 valence electrons. The molecule has 0 saturated heterocycles. The summed E-state index contributed by atoms with van der Waals surface area (Å²) in [6, 6.07) is 6.87. The van der Waals surface area contributed by atoms with Gasteiger partial charge in [-0.1, -0.05) is 0 Å². The van der Waals surface area contributed by atoms with Crippen LogP contribution in [0, 0.1) is 5.21 Å². The molecule has 6 nitrogen and oxygen atoms in total. The first-order valence-electron chi connectivity index (χ1n) is 6.06. The predicted molar refractivity (Wildman–Crippen MR) is 73.7 cm³/mol. The van der Waals surface area contributed by atoms with Crippen LogP contribution in [0.5, 0.6) is 0 Å². The second-order valence-corrected chi connectivity index (χ2v) is 4.20. The third-order valence-electron chi connectivity index (χ3n) is 3.01. The lowest BCUT2D eigenvalue weighted by Gasteiger charge is -2.23. The smallest absolute Gasteiger partial charge is 0.249 e. The van der Waals surface area contributed by atoms with Crippen molar-refractivity contribution in [2.24, 2.45) is 0 Å². The molecule has 0 aliphatic carbocycles. The molecule has 1 aromatic carbocycles. The van der Waals surface area contributed by atoms with E-state index in [0.717, 1.165) is 4.73 Å². The molecule has 0 unspecified atom stereocenters. The molecule has 1 heterocycles. The van der Waals surface area contributed by atoms with Crippen LogP contribution in [0.2, 0.25) is 0 Å². The third-order valence-corrected chi connectivity index (χ3v) is 3.01. The lowest BCUT2D eigenvalue weighted by atomic mass is 10.1. The maximum atomic E-state index is 12.0. The summed E-state index contributed by atoms with van der Waals surface area (Å²) < 4.78 is 0.753. The van der Waals surface area contributed by atoms with Gasteiger partial charge in [-0.15, -0.1) is 0 Å². The van der Waals surface area contributed by atoms with E-state index in [0.29, 0.717) is 35.4 Å². The van der Waals surface area contributed by atoms with Crippen LogP contribution in [-0.4, -0.2) is 36.5 Å². The first kappa shape index (κ1) is 13.4. The van der Waals surface area contributed by atoms with Crippen molar-refractivity contribution in [3.8, 4) is 0 Å². The molecule has 0 fully saturated rings. The Balaban J connectivity index is 2.62. The summed E-state index contributed by atoms with van der Waals surface area (Å²) >= 11 is 0. The van der Waals surface area contributed by atoms with E-state index in [1.54, 1.807) is 29.2 Å². The number of fused-ring (bicyclic) bond motifs is 1. The van der Waals surface area contributed by atoms with Crippen LogP contribution in [0.4, 0.5) is 11.4 Å². The summed E-state index contributed by atoms with van der Waals surface area (Å²) in [4.78, 5) is 1.76. The number of pyridine rings is 1. The van der Waals surface area contributed by atoms with Crippen LogP contribution in [-0.2, 0) is 0 Å². The predicted octanol–water partition coefficient (Wildman–Crippen LogP) is -0.154. The number of nitrogen functional groups attached to an aromatic ring is 1. The second-order valence-electron chi connectivity index (χ2n) is 4.20. The Morgan fingerprint density at radius 2 is 1.84 bits per heavy atom. The van der Waals surface area contributed by atoms with E-state index in [9.17, 15) is 5.21 Å². The maximum absolute atomic E-state index is 12.0. The fourth-order valence-electron chi connectivity index (χ4n) is 2.16. The molecule has 2 aromatic rings. The molecule has 1 aromatic heterocycles. The first-order valence-corrected chi connectivity index (χ1v) is 6.06. The minimum Gasteiger partial charge on any atom is -0.618 e. The molecule has 0 aliphatic heterocycles. The zero-order chi connectivity index (χ0) is 13.8. The highest BCUT2D eigenvalue weighted by molar-refractivity contribution is 5.96. The highest BCUT2D eigenvalue weighted by Crippen LogP contribution is 2.28. The fraction of sp³-hybridized carbons (Fsp3) is 0.308. The minimum absolute atomic E-state index is 0.0580. The van der Waals surface area contributed by atoms with Crippen molar-refractivity contribution in [2.75, 3.05) is 36.9 Å². The average Bonchev–Trinajstić information content (AvgIpc) is 2.40. The SMILES string of the molecule is Nc1ccc(N(CCO)CCO)c2c1ccc[n+]2[O-]. The molecule has 0 amide bonds. The number of hydrogen-bond acceptors (Lipinski definition) is 5. The third kappa shape index (κ3) is 2.54. The van der Waals surface area contributed by atoms with E-state index in [1.165, 1.54) is 6.20 Å². The minimum atomic E-state index is -0.0580. The van der Waals surface area contributed by atoms with Crippen LogP contribution < -0.4 is 15.4 Å². The standard InChI is InChI=1S/C13H17N3O3/c14-11-3-4-12(15(6-8-17)7-9-18)13-10(11)2-1-5-16(13)19/h1-5,17-18H,6-9,14H2. The number of benzene rings is 1. The summed E-state index contributed by atoms with van der Waals surface area (Å²) in [7, 11) is 0. The molecule has 4 N–H and O–H groups in total. The summed E-state index contributed by atoms with van der Waals surface area (Å²) in [5.74, 6) is 0. The van der Waals surface area contributed by atoms with Gasteiger partial charge in [0.1, 0.15) is 5.69 Å². The molecule has 0 saturated carbocycles. The molecular formula is C13H17N3O3. The number of aliphatic hydroxyl groups is 2. The highest BCUT2D eigenvalue weighted by Gasteiger charge is 2.17. The van der Waals surface area contributed by atoms with Gasteiger partial charge in [0.25, 0.3) is 0 Å². The quantitative estimate of drug-likeness (QED) is 0.396. The molecule has 6 heteroatoms. The summed E-state index contributed by atoms with van der Waals surface area (Å²) in [6.07, 6.45) is 1.40. The Morgan fingerprint density at radius 3 is 2.47 bits per heavy atom. The molecule has 19 heavy (non-hydrogen) atoms. The lowest BCUT2D eigenvalue weighted by Crippen LogP contribution is -2.34. The largest absolute Gasteiger partial charge is 0.618 e. The normalized spacial score (nSPS) is 10.8. The van der Waals surface area contributed by atoms with Crippen LogP contribution in [0.3, 0.4) is 0 Å². The van der Waals surface area contributed by atoms with Crippen molar-refractivity contribution in [1.82, 2.24) is 0 Å². The van der Waals surface area contributed by atoms with Gasteiger partial charge in [-0.3, -0.25) is 0 Å². The van der Waals surface area contributed by atoms with Crippen molar-refractivity contribution in [2.45, 2.75) is 0 Å². The van der Waals surface area contributed by atoms with Crippen molar-refractivity contribution >= 4 is 22.3 Å². The van der Waals surface area contributed by atoms with Crippen LogP contribution >= 0.6 is 0 Å². The fourth-order valence-corrected chi connectivity index (χ4v) is 2.16. The molecule has 2 rings (SSSR count). The van der Waals surface area contributed by atoms with Gasteiger partial charge in [0.2, 0.25) is 5.52 Å². The zero-order valence-electron chi connectivity index (χ0n) is 10.5. The topological polar surface area (TPSA) is 96.7 Å². The van der Waals surface area contributed by atoms with E-state index < -0.39 is 0 Å². The molecule has 0 bridgehead atoms. The van der Waals surface area contributed by atoms with E-state index in [4.69, 9.17) is 15.9 Å². The first-order chi connectivity index (χ1) is 9.19. The Hall–Kier alpha value is -2.05. The van der Waals surface area contributed by atoms with Crippen molar-refractivity contribution in [1.29, 1.82) is 0 Å². The van der Waals surface area contributed by atoms with Gasteiger partial charge in [0.05, 0.1) is 18.6 Å². The van der Waals surface area contributed by atoms with Gasteiger partial charge in [-0.05, 0) is 18.2 Å². The zero-order valence-corrected chi connectivity index (χ0v) is 10.5. The molecule has 0 spiro atoms. The Labute approximate surface area is 110 Å². The van der Waals surface area contributed by atoms with E-state index >= 15 is 0 Å². The van der Waals surface area contributed by atoms with Crippen molar-refractivity contribution in [3.63, 3.8) is 0 Å². The molecular weight excluding hydrogens is 246 g/mol. The van der Waals surface area contributed by atoms with Crippen LogP contribution in [0.25, 0.3) is 10.9 Å². The number of aliphatic hydroxyl groups excluding tert-OH is 2. The monoisotopic (exact) mass is 263 g/mol. The summed E-state index contributed by atoms with van der Waals surface area (Å²) in [6.45, 7) is 0.568. The molecule has 0 aliphatic rings. The number of rotatable bonds is 5. The number of aromatic nitrogens is 1. The molecule has 0 radical (unpaired) electrons. The Morgan fingerprint density at radius 1 is 1.16 bits per heavy atom. The van der Waals surface area contributed by atoms with Gasteiger partial charge >= 0.3 is 0 Å². The van der Waals surface area contributed by atoms with Gasteiger partial charge in [-0.25, -0.2) is 0 Å². The summed E-state index contributed by atoms with van der Waals surface area (Å²) in [5, 5.41) is 30.8. The second kappa shape index (κ2) is 5.73. The van der Waals surface area contributed by atoms with E-state index in [2.05, 4.69) is 0 Å². The lowest BCUT2D eigenvalue weighted by molar-refractivity contribution is -0.576. The highest BCUT2D eigenvalue weighted by atomic mass is 16.5. The number of anilines is 2. The Bertz CT molecular complexity index is 568. The van der Waals surface area contributed by atoms with Gasteiger partial charge in [0.15, 0.2) is 6.20 Å².